The van der Waals surface area contributed by atoms with Gasteiger partial charge < -0.3 is 25.6 Å². The molecule has 0 spiro atoms. The standard InChI is InChI=1S/C12H15N3O4/c1-2-7-9(12(13)19)14-5-15(7)8-3-6(4-16)10(17)11(8)18/h1,5-6,8,10-11,16-18H,3-4H2,(H2,13,19)/t6-,8-,10-,11+/m1/s1. The lowest BCUT2D eigenvalue weighted by molar-refractivity contribution is -0.00413. The predicted octanol–water partition coefficient (Wildman–Crippen LogP) is -1.76. The van der Waals surface area contributed by atoms with Gasteiger partial charge in [-0.1, -0.05) is 0 Å². The fraction of sp³-hybridized carbons (Fsp3) is 0.500. The first kappa shape index (κ1) is 13.5. The summed E-state index contributed by atoms with van der Waals surface area (Å²) in [5.74, 6) is 1.12. The zero-order valence-corrected chi connectivity index (χ0v) is 10.1. The number of hydrogen-bond donors (Lipinski definition) is 4. The van der Waals surface area contributed by atoms with Crippen LogP contribution >= 0.6 is 0 Å². The number of nitrogens with two attached hydrogens (primary N) is 1. The van der Waals surface area contributed by atoms with E-state index in [0.717, 1.165) is 0 Å². The summed E-state index contributed by atoms with van der Waals surface area (Å²) in [7, 11) is 0. The van der Waals surface area contributed by atoms with Crippen molar-refractivity contribution in [2.24, 2.45) is 11.7 Å². The molecule has 0 aliphatic heterocycles. The summed E-state index contributed by atoms with van der Waals surface area (Å²) in [5, 5.41) is 28.9. The van der Waals surface area contributed by atoms with Gasteiger partial charge in [0.15, 0.2) is 5.69 Å². The van der Waals surface area contributed by atoms with Crippen LogP contribution in [0.1, 0.15) is 28.6 Å². The summed E-state index contributed by atoms with van der Waals surface area (Å²) < 4.78 is 1.45. The number of terminal acetylenes is 1. The molecule has 0 aromatic carbocycles. The Kier molecular flexibility index (Phi) is 3.57. The van der Waals surface area contributed by atoms with Crippen molar-refractivity contribution in [3.8, 4) is 12.3 Å². The fourth-order valence-electron chi connectivity index (χ4n) is 2.49. The summed E-state index contributed by atoms with van der Waals surface area (Å²) in [4.78, 5) is 15.0. The monoisotopic (exact) mass is 265 g/mol. The number of nitrogens with zero attached hydrogens (tertiary/aromatic N) is 2. The summed E-state index contributed by atoms with van der Waals surface area (Å²) in [6, 6.07) is -0.543. The second-order valence-electron chi connectivity index (χ2n) is 4.58. The maximum Gasteiger partial charge on any atom is 0.270 e. The van der Waals surface area contributed by atoms with E-state index in [1.165, 1.54) is 10.9 Å². The van der Waals surface area contributed by atoms with Gasteiger partial charge in [0.2, 0.25) is 0 Å². The van der Waals surface area contributed by atoms with Crippen molar-refractivity contribution < 1.29 is 20.1 Å². The highest BCUT2D eigenvalue weighted by Gasteiger charge is 2.42. The highest BCUT2D eigenvalue weighted by molar-refractivity contribution is 5.93. The van der Waals surface area contributed by atoms with Crippen molar-refractivity contribution in [2.75, 3.05) is 6.61 Å². The zero-order valence-electron chi connectivity index (χ0n) is 10.1. The van der Waals surface area contributed by atoms with Crippen LogP contribution in [0.25, 0.3) is 0 Å². The Labute approximate surface area is 109 Å². The maximum absolute atomic E-state index is 11.2. The van der Waals surface area contributed by atoms with Crippen molar-refractivity contribution >= 4 is 5.91 Å². The van der Waals surface area contributed by atoms with E-state index in [-0.39, 0.29) is 18.0 Å². The van der Waals surface area contributed by atoms with Crippen LogP contribution in [0.15, 0.2) is 6.33 Å². The zero-order chi connectivity index (χ0) is 14.2. The van der Waals surface area contributed by atoms with Gasteiger partial charge in [-0.25, -0.2) is 4.98 Å². The lowest BCUT2D eigenvalue weighted by Crippen LogP contribution is -2.30. The van der Waals surface area contributed by atoms with E-state index in [2.05, 4.69) is 10.9 Å². The van der Waals surface area contributed by atoms with Crippen LogP contribution in [-0.2, 0) is 0 Å². The van der Waals surface area contributed by atoms with Crippen LogP contribution < -0.4 is 5.73 Å². The number of hydrogen-bond acceptors (Lipinski definition) is 5. The summed E-state index contributed by atoms with van der Waals surface area (Å²) in [6.45, 7) is -0.239. The molecule has 1 aromatic rings. The minimum absolute atomic E-state index is 0.0448. The van der Waals surface area contributed by atoms with E-state index >= 15 is 0 Å². The molecule has 1 saturated carbocycles. The quantitative estimate of drug-likeness (QED) is 0.482. The first-order valence-corrected chi connectivity index (χ1v) is 5.81. The van der Waals surface area contributed by atoms with Crippen molar-refractivity contribution in [3.63, 3.8) is 0 Å². The minimum Gasteiger partial charge on any atom is -0.396 e. The number of primary amides is 1. The van der Waals surface area contributed by atoms with Crippen molar-refractivity contribution in [2.45, 2.75) is 24.7 Å². The number of aliphatic hydroxyl groups is 3. The largest absolute Gasteiger partial charge is 0.396 e. The first-order chi connectivity index (χ1) is 9.01. The summed E-state index contributed by atoms with van der Waals surface area (Å²) in [5.41, 5.74) is 5.28. The molecule has 0 bridgehead atoms. The van der Waals surface area contributed by atoms with Crippen LogP contribution in [0.2, 0.25) is 0 Å². The molecule has 1 aliphatic carbocycles. The topological polar surface area (TPSA) is 122 Å². The van der Waals surface area contributed by atoms with Gasteiger partial charge in [-0.3, -0.25) is 4.79 Å². The van der Waals surface area contributed by atoms with E-state index in [4.69, 9.17) is 17.3 Å². The van der Waals surface area contributed by atoms with Gasteiger partial charge in [0.25, 0.3) is 5.91 Å². The van der Waals surface area contributed by atoms with Crippen LogP contribution in [0.3, 0.4) is 0 Å². The fourth-order valence-corrected chi connectivity index (χ4v) is 2.49. The molecule has 0 saturated heterocycles. The molecule has 4 atom stereocenters. The second kappa shape index (κ2) is 5.01. The minimum atomic E-state index is -1.08. The molecule has 1 amide bonds. The Hall–Kier alpha value is -1.88. The Morgan fingerprint density at radius 1 is 1.58 bits per heavy atom. The molecular formula is C12H15N3O4. The van der Waals surface area contributed by atoms with E-state index in [9.17, 15) is 15.0 Å². The normalized spacial score (nSPS) is 30.2. The molecule has 2 rings (SSSR count). The molecule has 1 aromatic heterocycles. The average molecular weight is 265 g/mol. The van der Waals surface area contributed by atoms with Gasteiger partial charge in [0, 0.05) is 12.5 Å². The van der Waals surface area contributed by atoms with E-state index in [1.807, 2.05) is 0 Å². The number of imidazole rings is 1. The van der Waals surface area contributed by atoms with Crippen molar-refractivity contribution in [1.82, 2.24) is 9.55 Å². The van der Waals surface area contributed by atoms with E-state index < -0.39 is 30.1 Å². The third-order valence-corrected chi connectivity index (χ3v) is 3.53. The smallest absolute Gasteiger partial charge is 0.270 e. The SMILES string of the molecule is C#Cc1c(C(N)=O)ncn1[C@@H]1C[C@H](CO)[C@@H](O)[C@H]1O. The summed E-state index contributed by atoms with van der Waals surface area (Å²) >= 11 is 0. The Morgan fingerprint density at radius 2 is 2.26 bits per heavy atom. The van der Waals surface area contributed by atoms with Gasteiger partial charge in [0.05, 0.1) is 18.5 Å². The van der Waals surface area contributed by atoms with Gasteiger partial charge in [-0.2, -0.15) is 0 Å². The van der Waals surface area contributed by atoms with Gasteiger partial charge >= 0.3 is 0 Å². The number of carbonyl (C=O) groups is 1. The molecule has 1 heterocycles. The van der Waals surface area contributed by atoms with Crippen LogP contribution in [0, 0.1) is 18.3 Å². The molecule has 5 N–H and O–H groups in total. The first-order valence-electron chi connectivity index (χ1n) is 5.81. The van der Waals surface area contributed by atoms with Crippen LogP contribution in [0.4, 0.5) is 0 Å². The number of aliphatic hydroxyl groups excluding tert-OH is 3. The van der Waals surface area contributed by atoms with Crippen LogP contribution in [0.5, 0.6) is 0 Å². The molecule has 7 heteroatoms. The molecule has 1 aliphatic rings. The predicted molar refractivity (Wildman–Crippen MR) is 64.9 cm³/mol. The van der Waals surface area contributed by atoms with Gasteiger partial charge in [0.1, 0.15) is 11.8 Å². The Morgan fingerprint density at radius 3 is 2.74 bits per heavy atom. The second-order valence-corrected chi connectivity index (χ2v) is 4.58. The van der Waals surface area contributed by atoms with Gasteiger partial charge in [-0.15, -0.1) is 6.42 Å². The number of carbonyl (C=O) groups excluding carboxylic acids is 1. The molecule has 1 fully saturated rings. The molecule has 7 nitrogen and oxygen atoms in total. The summed E-state index contributed by atoms with van der Waals surface area (Å²) in [6.07, 6.45) is 4.86. The number of aromatic nitrogens is 2. The molecule has 0 unspecified atom stereocenters. The molecule has 0 radical (unpaired) electrons. The van der Waals surface area contributed by atoms with Crippen molar-refractivity contribution in [3.05, 3.63) is 17.7 Å². The average Bonchev–Trinajstić information content (AvgIpc) is 2.92. The maximum atomic E-state index is 11.2. The van der Waals surface area contributed by atoms with E-state index in [1.54, 1.807) is 0 Å². The highest BCUT2D eigenvalue weighted by atomic mass is 16.3. The molecule has 102 valence electrons. The Balaban J connectivity index is 2.39. The molecule has 19 heavy (non-hydrogen) atoms. The van der Waals surface area contributed by atoms with Crippen molar-refractivity contribution in [1.29, 1.82) is 0 Å². The lowest BCUT2D eigenvalue weighted by Gasteiger charge is -2.18. The Bertz CT molecular complexity index is 534. The third-order valence-electron chi connectivity index (χ3n) is 3.53. The number of rotatable bonds is 3. The molecular weight excluding hydrogens is 250 g/mol. The number of amides is 1. The van der Waals surface area contributed by atoms with Crippen LogP contribution in [-0.4, -0.2) is 49.6 Å². The highest BCUT2D eigenvalue weighted by Crippen LogP contribution is 2.36. The lowest BCUT2D eigenvalue weighted by atomic mass is 10.1. The van der Waals surface area contributed by atoms with Gasteiger partial charge in [-0.05, 0) is 12.3 Å². The van der Waals surface area contributed by atoms with E-state index in [0.29, 0.717) is 6.42 Å². The third kappa shape index (κ3) is 2.10.